The van der Waals surface area contributed by atoms with Crippen LogP contribution in [-0.2, 0) is 4.79 Å². The number of amides is 1. The van der Waals surface area contributed by atoms with Gasteiger partial charge in [-0.3, -0.25) is 4.79 Å². The predicted octanol–water partition coefficient (Wildman–Crippen LogP) is 1.16. The van der Waals surface area contributed by atoms with E-state index in [0.29, 0.717) is 11.3 Å². The van der Waals surface area contributed by atoms with Crippen molar-refractivity contribution < 1.29 is 14.7 Å². The molecule has 1 aromatic rings. The van der Waals surface area contributed by atoms with Crippen molar-refractivity contribution in [3.63, 3.8) is 0 Å². The lowest BCUT2D eigenvalue weighted by atomic mass is 10.1. The minimum atomic E-state index is -1.09. The first-order valence-corrected chi connectivity index (χ1v) is 5.85. The van der Waals surface area contributed by atoms with Crippen molar-refractivity contribution in [2.75, 3.05) is 25.1 Å². The van der Waals surface area contributed by atoms with Crippen LogP contribution in [0.1, 0.15) is 22.8 Å². The van der Waals surface area contributed by atoms with Gasteiger partial charge in [0.25, 0.3) is 0 Å². The quantitative estimate of drug-likeness (QED) is 0.710. The third-order valence-electron chi connectivity index (χ3n) is 2.81. The van der Waals surface area contributed by atoms with E-state index in [-0.39, 0.29) is 17.2 Å². The summed E-state index contributed by atoms with van der Waals surface area (Å²) in [5, 5.41) is 12.0. The molecule has 0 radical (unpaired) electrons. The van der Waals surface area contributed by atoms with Gasteiger partial charge in [0.2, 0.25) is 5.91 Å². The zero-order chi connectivity index (χ0) is 14.7. The minimum Gasteiger partial charge on any atom is -0.478 e. The van der Waals surface area contributed by atoms with Crippen molar-refractivity contribution >= 4 is 23.3 Å². The highest BCUT2D eigenvalue weighted by molar-refractivity contribution is 5.96. The Bertz CT molecular complexity index is 512. The molecule has 0 aromatic heterocycles. The number of carbonyl (C=O) groups is 2. The third-order valence-corrected chi connectivity index (χ3v) is 2.81. The van der Waals surface area contributed by atoms with E-state index in [4.69, 9.17) is 10.8 Å². The number of likely N-dealkylation sites (N-methyl/N-ethyl adjacent to an activating group) is 1. The number of nitrogens with zero attached hydrogens (tertiary/aromatic N) is 1. The van der Waals surface area contributed by atoms with Crippen LogP contribution < -0.4 is 11.1 Å². The second kappa shape index (κ2) is 5.60. The molecule has 0 aliphatic heterocycles. The first-order chi connectivity index (χ1) is 8.73. The Balaban J connectivity index is 3.03. The molecule has 0 saturated heterocycles. The molecule has 0 aliphatic rings. The van der Waals surface area contributed by atoms with Gasteiger partial charge in [-0.2, -0.15) is 0 Å². The number of rotatable bonds is 4. The summed E-state index contributed by atoms with van der Waals surface area (Å²) >= 11 is 0. The first-order valence-electron chi connectivity index (χ1n) is 5.85. The van der Waals surface area contributed by atoms with Crippen LogP contribution in [0.3, 0.4) is 0 Å². The number of hydrogen-bond donors (Lipinski definition) is 3. The average molecular weight is 265 g/mol. The number of aryl methyl sites for hydroxylation is 1. The number of hydrogen-bond acceptors (Lipinski definition) is 4. The van der Waals surface area contributed by atoms with Crippen LogP contribution in [0.25, 0.3) is 0 Å². The summed E-state index contributed by atoms with van der Waals surface area (Å²) in [4.78, 5) is 24.3. The Morgan fingerprint density at radius 1 is 1.37 bits per heavy atom. The lowest BCUT2D eigenvalue weighted by Gasteiger charge is -2.20. The van der Waals surface area contributed by atoms with Gasteiger partial charge in [-0.05, 0) is 31.5 Å². The van der Waals surface area contributed by atoms with E-state index >= 15 is 0 Å². The molecule has 0 heterocycles. The highest BCUT2D eigenvalue weighted by atomic mass is 16.4. The van der Waals surface area contributed by atoms with E-state index in [0.717, 1.165) is 0 Å². The summed E-state index contributed by atoms with van der Waals surface area (Å²) in [6.45, 7) is 3.44. The molecular weight excluding hydrogens is 246 g/mol. The lowest BCUT2D eigenvalue weighted by Crippen LogP contribution is -2.36. The van der Waals surface area contributed by atoms with Crippen LogP contribution in [0.5, 0.6) is 0 Å². The van der Waals surface area contributed by atoms with Gasteiger partial charge in [0.05, 0.1) is 5.56 Å². The molecule has 6 nitrogen and oxygen atoms in total. The molecule has 0 fully saturated rings. The predicted molar refractivity (Wildman–Crippen MR) is 74.3 cm³/mol. The summed E-state index contributed by atoms with van der Waals surface area (Å²) in [5.74, 6) is -1.18. The highest BCUT2D eigenvalue weighted by Gasteiger charge is 2.17. The summed E-state index contributed by atoms with van der Waals surface area (Å²) in [7, 11) is 3.33. The molecule has 4 N–H and O–H groups in total. The Kier molecular flexibility index (Phi) is 4.37. The van der Waals surface area contributed by atoms with E-state index in [1.54, 1.807) is 34.0 Å². The number of nitrogen functional groups attached to an aromatic ring is 1. The number of anilines is 2. The van der Waals surface area contributed by atoms with Gasteiger partial charge >= 0.3 is 5.97 Å². The van der Waals surface area contributed by atoms with Gasteiger partial charge < -0.3 is 21.1 Å². The molecule has 0 bridgehead atoms. The first kappa shape index (κ1) is 14.8. The molecular formula is C13H19N3O3. The standard InChI is InChI=1S/C13H19N3O3/c1-7-5-9(6-10(11(7)14)13(18)19)15-8(2)12(17)16(3)4/h5-6,8,15H,14H2,1-4H3,(H,18,19). The van der Waals surface area contributed by atoms with Gasteiger partial charge in [-0.25, -0.2) is 4.79 Å². The van der Waals surface area contributed by atoms with Crippen molar-refractivity contribution in [3.8, 4) is 0 Å². The number of carboxylic acids is 1. The molecule has 1 aromatic carbocycles. The fraction of sp³-hybridized carbons (Fsp3) is 0.385. The molecule has 0 saturated carbocycles. The largest absolute Gasteiger partial charge is 0.478 e. The van der Waals surface area contributed by atoms with E-state index in [9.17, 15) is 9.59 Å². The zero-order valence-electron chi connectivity index (χ0n) is 11.5. The van der Waals surface area contributed by atoms with Gasteiger partial charge in [-0.1, -0.05) is 0 Å². The molecule has 6 heteroatoms. The average Bonchev–Trinajstić information content (AvgIpc) is 2.31. The highest BCUT2D eigenvalue weighted by Crippen LogP contribution is 2.23. The van der Waals surface area contributed by atoms with Gasteiger partial charge in [0, 0.05) is 25.5 Å². The number of aromatic carboxylic acids is 1. The van der Waals surface area contributed by atoms with Crippen molar-refractivity contribution in [1.82, 2.24) is 4.90 Å². The van der Waals surface area contributed by atoms with Crippen LogP contribution in [0.4, 0.5) is 11.4 Å². The number of carbonyl (C=O) groups excluding carboxylic acids is 1. The third kappa shape index (κ3) is 3.37. The van der Waals surface area contributed by atoms with Crippen LogP contribution in [0, 0.1) is 6.92 Å². The van der Waals surface area contributed by atoms with E-state index in [1.165, 1.54) is 11.0 Å². The van der Waals surface area contributed by atoms with E-state index in [2.05, 4.69) is 5.32 Å². The molecule has 0 spiro atoms. The van der Waals surface area contributed by atoms with Gasteiger partial charge in [0.1, 0.15) is 6.04 Å². The van der Waals surface area contributed by atoms with Gasteiger partial charge in [-0.15, -0.1) is 0 Å². The monoisotopic (exact) mass is 265 g/mol. The lowest BCUT2D eigenvalue weighted by molar-refractivity contribution is -0.129. The Morgan fingerprint density at radius 3 is 2.42 bits per heavy atom. The SMILES string of the molecule is Cc1cc(NC(C)C(=O)N(C)C)cc(C(=O)O)c1N. The van der Waals surface area contributed by atoms with E-state index in [1.807, 2.05) is 0 Å². The van der Waals surface area contributed by atoms with Gasteiger partial charge in [0.15, 0.2) is 0 Å². The Hall–Kier alpha value is -2.24. The fourth-order valence-electron chi connectivity index (χ4n) is 1.76. The summed E-state index contributed by atoms with van der Waals surface area (Å²) in [6, 6.07) is 2.71. The molecule has 1 unspecified atom stereocenters. The molecule has 1 atom stereocenters. The smallest absolute Gasteiger partial charge is 0.337 e. The van der Waals surface area contributed by atoms with Crippen molar-refractivity contribution in [3.05, 3.63) is 23.3 Å². The Morgan fingerprint density at radius 2 is 1.95 bits per heavy atom. The maximum absolute atomic E-state index is 11.7. The van der Waals surface area contributed by atoms with Crippen molar-refractivity contribution in [2.45, 2.75) is 19.9 Å². The second-order valence-electron chi connectivity index (χ2n) is 4.66. The molecule has 0 aliphatic carbocycles. The maximum atomic E-state index is 11.7. The molecule has 104 valence electrons. The Labute approximate surface area is 112 Å². The number of carboxylic acid groups (broad SMARTS) is 1. The van der Waals surface area contributed by atoms with Crippen molar-refractivity contribution in [2.24, 2.45) is 0 Å². The summed E-state index contributed by atoms with van der Waals surface area (Å²) in [5.41, 5.74) is 7.20. The minimum absolute atomic E-state index is 0.0343. The summed E-state index contributed by atoms with van der Waals surface area (Å²) in [6.07, 6.45) is 0. The summed E-state index contributed by atoms with van der Waals surface area (Å²) < 4.78 is 0. The van der Waals surface area contributed by atoms with Crippen LogP contribution in [0.15, 0.2) is 12.1 Å². The molecule has 1 rings (SSSR count). The number of nitrogens with one attached hydrogen (secondary N) is 1. The van der Waals surface area contributed by atoms with Crippen LogP contribution >= 0.6 is 0 Å². The number of benzene rings is 1. The molecule has 1 amide bonds. The fourth-order valence-corrected chi connectivity index (χ4v) is 1.76. The van der Waals surface area contributed by atoms with E-state index < -0.39 is 12.0 Å². The zero-order valence-corrected chi connectivity index (χ0v) is 11.5. The molecule has 19 heavy (non-hydrogen) atoms. The topological polar surface area (TPSA) is 95.7 Å². The van der Waals surface area contributed by atoms with Crippen LogP contribution in [-0.4, -0.2) is 42.0 Å². The van der Waals surface area contributed by atoms with Crippen LogP contribution in [0.2, 0.25) is 0 Å². The maximum Gasteiger partial charge on any atom is 0.337 e. The number of nitrogens with two attached hydrogens (primary N) is 1. The second-order valence-corrected chi connectivity index (χ2v) is 4.66. The normalized spacial score (nSPS) is 11.8. The van der Waals surface area contributed by atoms with Crippen molar-refractivity contribution in [1.29, 1.82) is 0 Å².